The fourth-order valence-corrected chi connectivity index (χ4v) is 7.52. The third-order valence-electron chi connectivity index (χ3n) is 8.77. The smallest absolute Gasteiger partial charge is 0.171 e. The van der Waals surface area contributed by atoms with Gasteiger partial charge in [-0.1, -0.05) is 19.4 Å². The monoisotopic (exact) mass is 362 g/mol. The molecule has 4 heteroatoms. The van der Waals surface area contributed by atoms with Gasteiger partial charge in [-0.3, -0.25) is 0 Å². The summed E-state index contributed by atoms with van der Waals surface area (Å²) in [5.74, 6) is 1.11. The lowest BCUT2D eigenvalue weighted by atomic mass is 9.51. The van der Waals surface area contributed by atoms with Crippen LogP contribution in [-0.4, -0.2) is 40.9 Å². The molecule has 4 aliphatic carbocycles. The summed E-state index contributed by atoms with van der Waals surface area (Å²) in [5.41, 5.74) is 2.23. The van der Waals surface area contributed by atoms with Crippen molar-refractivity contribution in [2.45, 2.75) is 89.1 Å². The van der Waals surface area contributed by atoms with Crippen LogP contribution in [0.5, 0.6) is 0 Å². The van der Waals surface area contributed by atoms with Gasteiger partial charge in [-0.05, 0) is 73.7 Å². The highest BCUT2D eigenvalue weighted by Gasteiger charge is 2.59. The maximum Gasteiger partial charge on any atom is 0.171 e. The Bertz CT molecular complexity index is 622. The minimum absolute atomic E-state index is 0.0679. The molecule has 5 rings (SSSR count). The zero-order valence-electron chi connectivity index (χ0n) is 16.3. The summed E-state index contributed by atoms with van der Waals surface area (Å²) in [4.78, 5) is 0. The zero-order chi connectivity index (χ0) is 18.2. The van der Waals surface area contributed by atoms with E-state index < -0.39 is 11.4 Å². The fourth-order valence-electron chi connectivity index (χ4n) is 7.52. The zero-order valence-corrected chi connectivity index (χ0v) is 16.3. The maximum absolute atomic E-state index is 11.7. The molecule has 0 amide bonds. The predicted molar refractivity (Wildman–Crippen MR) is 98.4 cm³/mol. The number of allylic oxidation sites excluding steroid dienone is 1. The molecule has 4 fully saturated rings. The molecule has 0 aromatic heterocycles. The highest BCUT2D eigenvalue weighted by atomic mass is 16.7. The van der Waals surface area contributed by atoms with Gasteiger partial charge in [0, 0.05) is 12.8 Å². The first-order chi connectivity index (χ1) is 12.4. The summed E-state index contributed by atoms with van der Waals surface area (Å²) in [7, 11) is 0. The minimum Gasteiger partial charge on any atom is -0.393 e. The highest BCUT2D eigenvalue weighted by molar-refractivity contribution is 5.37. The van der Waals surface area contributed by atoms with Crippen molar-refractivity contribution in [3.63, 3.8) is 0 Å². The number of aliphatic hydroxyl groups is 2. The average Bonchev–Trinajstić information content (AvgIpc) is 3.18. The van der Waals surface area contributed by atoms with E-state index in [9.17, 15) is 10.2 Å². The van der Waals surface area contributed by atoms with E-state index >= 15 is 0 Å². The molecule has 0 unspecified atom stereocenters. The Balaban J connectivity index is 1.55. The molecule has 5 aliphatic rings. The summed E-state index contributed by atoms with van der Waals surface area (Å²) in [6.45, 7) is 5.92. The van der Waals surface area contributed by atoms with Crippen molar-refractivity contribution in [2.24, 2.45) is 23.2 Å². The molecule has 4 nitrogen and oxygen atoms in total. The lowest BCUT2D eigenvalue weighted by Crippen LogP contribution is -2.54. The van der Waals surface area contributed by atoms with Crippen LogP contribution in [0.25, 0.3) is 0 Å². The molecule has 1 spiro atoms. The van der Waals surface area contributed by atoms with Crippen molar-refractivity contribution in [1.82, 2.24) is 0 Å². The molecule has 146 valence electrons. The molecule has 2 N–H and O–H groups in total. The highest BCUT2D eigenvalue weighted by Crippen LogP contribution is 2.64. The van der Waals surface area contributed by atoms with E-state index in [4.69, 9.17) is 9.47 Å². The third kappa shape index (κ3) is 2.28. The van der Waals surface area contributed by atoms with Gasteiger partial charge in [0.2, 0.25) is 0 Å². The van der Waals surface area contributed by atoms with Crippen molar-refractivity contribution >= 4 is 0 Å². The summed E-state index contributed by atoms with van der Waals surface area (Å²) in [6, 6.07) is 0. The molecule has 0 aromatic rings. The molecule has 0 aromatic carbocycles. The predicted octanol–water partition coefficient (Wildman–Crippen LogP) is 3.56. The Kier molecular flexibility index (Phi) is 3.93. The average molecular weight is 363 g/mol. The Morgan fingerprint density at radius 3 is 2.62 bits per heavy atom. The molecule has 1 aliphatic heterocycles. The Morgan fingerprint density at radius 1 is 1.12 bits per heavy atom. The number of hydrogen-bond acceptors (Lipinski definition) is 4. The molecular weight excluding hydrogens is 328 g/mol. The van der Waals surface area contributed by atoms with Crippen LogP contribution in [0.1, 0.15) is 71.6 Å². The summed E-state index contributed by atoms with van der Waals surface area (Å²) in [6.07, 6.45) is 8.40. The first-order valence-corrected chi connectivity index (χ1v) is 10.8. The van der Waals surface area contributed by atoms with Crippen LogP contribution < -0.4 is 0 Å². The van der Waals surface area contributed by atoms with Crippen molar-refractivity contribution in [3.05, 3.63) is 11.1 Å². The summed E-state index contributed by atoms with van der Waals surface area (Å²) in [5, 5.41) is 22.4. The quantitative estimate of drug-likeness (QED) is 0.700. The van der Waals surface area contributed by atoms with E-state index in [2.05, 4.69) is 13.8 Å². The number of aliphatic hydroxyl groups excluding tert-OH is 1. The molecule has 1 saturated heterocycles. The van der Waals surface area contributed by atoms with Crippen LogP contribution in [0.2, 0.25) is 0 Å². The van der Waals surface area contributed by atoms with E-state index in [1.807, 2.05) is 0 Å². The van der Waals surface area contributed by atoms with Crippen molar-refractivity contribution in [1.29, 1.82) is 0 Å². The van der Waals surface area contributed by atoms with Crippen molar-refractivity contribution in [2.75, 3.05) is 13.2 Å². The standard InChI is InChI=1S/C22H34O4/c1-3-14-12-20(2)16(4-5-18(20)23)15-6-8-21(24)13-22(25-10-11-26-22)9-7-17(21)19(14)15/h14-16,18,23-24H,3-13H2,1-2H3/t14-,15-,16-,18-,20-,21+/m0/s1. The molecular formula is C22H34O4. The van der Waals surface area contributed by atoms with Gasteiger partial charge in [-0.15, -0.1) is 0 Å². The van der Waals surface area contributed by atoms with Crippen LogP contribution in [0.4, 0.5) is 0 Å². The SMILES string of the molecule is CC[C@H]1C[C@]2(C)[C@@H](O)CC[C@H]2[C@@H]2CC[C@@]3(O)CC4(CCC3=C12)OCCO4. The van der Waals surface area contributed by atoms with Gasteiger partial charge >= 0.3 is 0 Å². The normalized spacial score (nSPS) is 49.8. The maximum atomic E-state index is 11.7. The van der Waals surface area contributed by atoms with Crippen molar-refractivity contribution in [3.8, 4) is 0 Å². The molecule has 6 atom stereocenters. The van der Waals surface area contributed by atoms with Crippen LogP contribution in [0.3, 0.4) is 0 Å². The Labute approximate surface area is 156 Å². The number of hydrogen-bond donors (Lipinski definition) is 2. The Morgan fingerprint density at radius 2 is 1.88 bits per heavy atom. The molecule has 1 heterocycles. The molecule has 3 saturated carbocycles. The van der Waals surface area contributed by atoms with Crippen LogP contribution in [0, 0.1) is 23.2 Å². The first-order valence-electron chi connectivity index (χ1n) is 10.8. The molecule has 0 radical (unpaired) electrons. The lowest BCUT2D eigenvalue weighted by molar-refractivity contribution is -0.208. The van der Waals surface area contributed by atoms with Gasteiger partial charge in [-0.25, -0.2) is 0 Å². The summed E-state index contributed by atoms with van der Waals surface area (Å²) < 4.78 is 11.9. The second-order valence-corrected chi connectivity index (χ2v) is 9.91. The van der Waals surface area contributed by atoms with Crippen LogP contribution >= 0.6 is 0 Å². The van der Waals surface area contributed by atoms with E-state index in [0.717, 1.165) is 51.4 Å². The van der Waals surface area contributed by atoms with Gasteiger partial charge < -0.3 is 19.7 Å². The van der Waals surface area contributed by atoms with E-state index in [0.29, 0.717) is 37.4 Å². The second-order valence-electron chi connectivity index (χ2n) is 9.91. The van der Waals surface area contributed by atoms with Crippen LogP contribution in [-0.2, 0) is 9.47 Å². The molecule has 0 bridgehead atoms. The third-order valence-corrected chi connectivity index (χ3v) is 8.77. The Hall–Kier alpha value is -0.420. The summed E-state index contributed by atoms with van der Waals surface area (Å²) >= 11 is 0. The largest absolute Gasteiger partial charge is 0.393 e. The second kappa shape index (κ2) is 5.79. The van der Waals surface area contributed by atoms with Crippen LogP contribution in [0.15, 0.2) is 11.1 Å². The van der Waals surface area contributed by atoms with Gasteiger partial charge in [0.15, 0.2) is 5.79 Å². The van der Waals surface area contributed by atoms with E-state index in [-0.39, 0.29) is 11.5 Å². The number of ether oxygens (including phenoxy) is 2. The number of fused-ring (bicyclic) bond motifs is 4. The number of rotatable bonds is 1. The van der Waals surface area contributed by atoms with E-state index in [1.165, 1.54) is 5.57 Å². The lowest BCUT2D eigenvalue weighted by Gasteiger charge is -2.56. The van der Waals surface area contributed by atoms with Gasteiger partial charge in [0.1, 0.15) is 0 Å². The minimum atomic E-state index is -0.743. The van der Waals surface area contributed by atoms with E-state index in [1.54, 1.807) is 5.57 Å². The van der Waals surface area contributed by atoms with Gasteiger partial charge in [0.25, 0.3) is 0 Å². The topological polar surface area (TPSA) is 58.9 Å². The molecule has 26 heavy (non-hydrogen) atoms. The first kappa shape index (κ1) is 17.7. The van der Waals surface area contributed by atoms with Gasteiger partial charge in [0.05, 0.1) is 24.9 Å². The van der Waals surface area contributed by atoms with Gasteiger partial charge in [-0.2, -0.15) is 0 Å². The van der Waals surface area contributed by atoms with Crippen molar-refractivity contribution < 1.29 is 19.7 Å². The fraction of sp³-hybridized carbons (Fsp3) is 0.909.